The van der Waals surface area contributed by atoms with Crippen molar-refractivity contribution < 1.29 is 18.4 Å². The lowest BCUT2D eigenvalue weighted by Crippen LogP contribution is -2.30. The quantitative estimate of drug-likeness (QED) is 0.837. The maximum atomic E-state index is 13.4. The Kier molecular flexibility index (Phi) is 4.50. The number of hydrogen-bond acceptors (Lipinski definition) is 2. The molecule has 22 heavy (non-hydrogen) atoms. The van der Waals surface area contributed by atoms with Crippen LogP contribution >= 0.6 is 0 Å². The molecule has 0 bridgehead atoms. The average Bonchev–Trinajstić information content (AvgIpc) is 2.45. The smallest absolute Gasteiger partial charge is 0.314 e. The van der Waals surface area contributed by atoms with Crippen LogP contribution in [-0.2, 0) is 9.59 Å². The van der Waals surface area contributed by atoms with Crippen LogP contribution in [0.1, 0.15) is 11.1 Å². The van der Waals surface area contributed by atoms with Crippen LogP contribution in [-0.4, -0.2) is 11.8 Å². The van der Waals surface area contributed by atoms with Crippen LogP contribution in [0.2, 0.25) is 0 Å². The van der Waals surface area contributed by atoms with Crippen molar-refractivity contribution in [1.82, 2.24) is 0 Å². The van der Waals surface area contributed by atoms with Gasteiger partial charge in [-0.1, -0.05) is 23.8 Å². The Morgan fingerprint density at radius 1 is 0.909 bits per heavy atom. The summed E-state index contributed by atoms with van der Waals surface area (Å²) >= 11 is 0. The first-order valence-corrected chi connectivity index (χ1v) is 6.52. The monoisotopic (exact) mass is 304 g/mol. The van der Waals surface area contributed by atoms with Gasteiger partial charge in [0.15, 0.2) is 0 Å². The maximum Gasteiger partial charge on any atom is 0.314 e. The van der Waals surface area contributed by atoms with Gasteiger partial charge in [0.2, 0.25) is 0 Å². The van der Waals surface area contributed by atoms with Crippen LogP contribution in [0.15, 0.2) is 36.4 Å². The number of carbonyl (C=O) groups excluding carboxylic acids is 2. The lowest BCUT2D eigenvalue weighted by atomic mass is 10.1. The minimum Gasteiger partial charge on any atom is -0.318 e. The van der Waals surface area contributed by atoms with Crippen LogP contribution in [0.5, 0.6) is 0 Å². The normalized spacial score (nSPS) is 10.2. The van der Waals surface area contributed by atoms with Gasteiger partial charge in [0.1, 0.15) is 17.3 Å². The number of hydrogen-bond donors (Lipinski definition) is 2. The number of aryl methyl sites for hydroxylation is 2. The third-order valence-electron chi connectivity index (χ3n) is 3.04. The molecule has 2 amide bonds. The Labute approximate surface area is 126 Å². The van der Waals surface area contributed by atoms with Gasteiger partial charge in [0.05, 0.1) is 0 Å². The average molecular weight is 304 g/mol. The Hall–Kier alpha value is -2.76. The van der Waals surface area contributed by atoms with Crippen LogP contribution in [0.4, 0.5) is 20.2 Å². The maximum absolute atomic E-state index is 13.4. The van der Waals surface area contributed by atoms with Gasteiger partial charge >= 0.3 is 11.8 Å². The van der Waals surface area contributed by atoms with Crippen molar-refractivity contribution in [3.05, 3.63) is 59.2 Å². The molecule has 2 rings (SSSR count). The number of rotatable bonds is 2. The summed E-state index contributed by atoms with van der Waals surface area (Å²) in [6, 6.07) is 8.40. The highest BCUT2D eigenvalue weighted by molar-refractivity contribution is 6.43. The summed E-state index contributed by atoms with van der Waals surface area (Å²) in [5.41, 5.74) is 1.59. The standard InChI is InChI=1S/C16H14F2N2O2/c1-9-6-7-13(10(2)8-9)19-15(21)16(22)20-14-11(17)4-3-5-12(14)18/h3-8H,1-2H3,(H,19,21)(H,20,22). The molecule has 6 heteroatoms. The first-order valence-electron chi connectivity index (χ1n) is 6.52. The highest BCUT2D eigenvalue weighted by Gasteiger charge is 2.18. The molecule has 4 nitrogen and oxygen atoms in total. The number of amides is 2. The molecule has 0 aromatic heterocycles. The van der Waals surface area contributed by atoms with E-state index in [0.29, 0.717) is 5.69 Å². The van der Waals surface area contributed by atoms with E-state index in [1.807, 2.05) is 18.3 Å². The first kappa shape index (κ1) is 15.6. The molecule has 0 aliphatic heterocycles. The molecule has 2 N–H and O–H groups in total. The van der Waals surface area contributed by atoms with Gasteiger partial charge in [-0.25, -0.2) is 8.78 Å². The summed E-state index contributed by atoms with van der Waals surface area (Å²) in [7, 11) is 0. The minimum atomic E-state index is -1.15. The van der Waals surface area contributed by atoms with E-state index in [1.165, 1.54) is 0 Å². The molecule has 0 saturated heterocycles. The number of para-hydroxylation sites is 1. The van der Waals surface area contributed by atoms with E-state index in [0.717, 1.165) is 29.3 Å². The van der Waals surface area contributed by atoms with E-state index < -0.39 is 29.1 Å². The highest BCUT2D eigenvalue weighted by atomic mass is 19.1. The Morgan fingerprint density at radius 2 is 1.50 bits per heavy atom. The van der Waals surface area contributed by atoms with Gasteiger partial charge in [0, 0.05) is 5.69 Å². The second-order valence-corrected chi connectivity index (χ2v) is 4.82. The van der Waals surface area contributed by atoms with Crippen LogP contribution in [0.25, 0.3) is 0 Å². The summed E-state index contributed by atoms with van der Waals surface area (Å²) in [5.74, 6) is -4.06. The van der Waals surface area contributed by atoms with Crippen molar-refractivity contribution in [3.8, 4) is 0 Å². The predicted octanol–water partition coefficient (Wildman–Crippen LogP) is 3.16. The molecule has 0 fully saturated rings. The second kappa shape index (κ2) is 6.34. The van der Waals surface area contributed by atoms with Crippen molar-refractivity contribution in [2.24, 2.45) is 0 Å². The fourth-order valence-corrected chi connectivity index (χ4v) is 1.92. The summed E-state index contributed by atoms with van der Waals surface area (Å²) in [4.78, 5) is 23.6. The number of anilines is 2. The summed E-state index contributed by atoms with van der Waals surface area (Å²) in [5, 5.41) is 4.33. The summed E-state index contributed by atoms with van der Waals surface area (Å²) < 4.78 is 26.8. The van der Waals surface area contributed by atoms with Gasteiger partial charge < -0.3 is 10.6 Å². The fourth-order valence-electron chi connectivity index (χ4n) is 1.92. The van der Waals surface area contributed by atoms with Crippen molar-refractivity contribution in [2.45, 2.75) is 13.8 Å². The van der Waals surface area contributed by atoms with Gasteiger partial charge in [0.25, 0.3) is 0 Å². The first-order chi connectivity index (χ1) is 10.4. The fraction of sp³-hybridized carbons (Fsp3) is 0.125. The largest absolute Gasteiger partial charge is 0.318 e. The molecule has 0 aliphatic rings. The predicted molar refractivity (Wildman–Crippen MR) is 79.5 cm³/mol. The Morgan fingerprint density at radius 3 is 2.09 bits per heavy atom. The molecule has 0 spiro atoms. The molecular weight excluding hydrogens is 290 g/mol. The zero-order valence-corrected chi connectivity index (χ0v) is 12.0. The molecule has 0 heterocycles. The third kappa shape index (κ3) is 3.46. The van der Waals surface area contributed by atoms with Gasteiger partial charge in [-0.2, -0.15) is 0 Å². The molecule has 0 aliphatic carbocycles. The van der Waals surface area contributed by atoms with Gasteiger partial charge in [-0.15, -0.1) is 0 Å². The van der Waals surface area contributed by atoms with Crippen molar-refractivity contribution in [3.63, 3.8) is 0 Å². The van der Waals surface area contributed by atoms with Crippen LogP contribution in [0, 0.1) is 25.5 Å². The number of nitrogens with one attached hydrogen (secondary N) is 2. The summed E-state index contributed by atoms with van der Waals surface area (Å²) in [6.07, 6.45) is 0. The lowest BCUT2D eigenvalue weighted by Gasteiger charge is -2.10. The number of halogens is 2. The highest BCUT2D eigenvalue weighted by Crippen LogP contribution is 2.19. The van der Waals surface area contributed by atoms with Crippen LogP contribution in [0.3, 0.4) is 0 Å². The zero-order chi connectivity index (χ0) is 16.3. The van der Waals surface area contributed by atoms with Crippen molar-refractivity contribution >= 4 is 23.2 Å². The Bertz CT molecular complexity index is 725. The molecule has 114 valence electrons. The molecule has 0 saturated carbocycles. The number of carbonyl (C=O) groups is 2. The topological polar surface area (TPSA) is 58.2 Å². The van der Waals surface area contributed by atoms with Crippen LogP contribution < -0.4 is 10.6 Å². The third-order valence-corrected chi connectivity index (χ3v) is 3.04. The number of benzene rings is 2. The van der Waals surface area contributed by atoms with Crippen molar-refractivity contribution in [2.75, 3.05) is 10.6 Å². The van der Waals surface area contributed by atoms with E-state index in [-0.39, 0.29) is 0 Å². The molecule has 0 atom stereocenters. The van der Waals surface area contributed by atoms with Gasteiger partial charge in [-0.05, 0) is 37.6 Å². The van der Waals surface area contributed by atoms with E-state index >= 15 is 0 Å². The lowest BCUT2D eigenvalue weighted by molar-refractivity contribution is -0.133. The van der Waals surface area contributed by atoms with Gasteiger partial charge in [-0.3, -0.25) is 9.59 Å². The summed E-state index contributed by atoms with van der Waals surface area (Å²) in [6.45, 7) is 3.67. The molecule has 2 aromatic rings. The molecule has 2 aromatic carbocycles. The second-order valence-electron chi connectivity index (χ2n) is 4.82. The van der Waals surface area contributed by atoms with E-state index in [1.54, 1.807) is 19.1 Å². The molecular formula is C16H14F2N2O2. The van der Waals surface area contributed by atoms with E-state index in [2.05, 4.69) is 5.32 Å². The van der Waals surface area contributed by atoms with Crippen molar-refractivity contribution in [1.29, 1.82) is 0 Å². The Balaban J connectivity index is 2.11. The molecule has 0 radical (unpaired) electrons. The minimum absolute atomic E-state index is 0.458. The zero-order valence-electron chi connectivity index (χ0n) is 12.0. The van der Waals surface area contributed by atoms with E-state index in [9.17, 15) is 18.4 Å². The van der Waals surface area contributed by atoms with E-state index in [4.69, 9.17) is 0 Å². The SMILES string of the molecule is Cc1ccc(NC(=O)C(=O)Nc2c(F)cccc2F)c(C)c1. The molecule has 0 unspecified atom stereocenters.